The topological polar surface area (TPSA) is 66.8 Å². The van der Waals surface area contributed by atoms with Gasteiger partial charge < -0.3 is 14.7 Å². The number of amides is 1. The van der Waals surface area contributed by atoms with Crippen molar-refractivity contribution in [2.24, 2.45) is 0 Å². The molecule has 1 aliphatic rings. The minimum Gasteiger partial charge on any atom is -0.479 e. The molecule has 0 heterocycles. The van der Waals surface area contributed by atoms with E-state index in [9.17, 15) is 14.7 Å². The number of carboxylic acid groups (broad SMARTS) is 1. The molecule has 5 heteroatoms. The molecular formula is C16H21NO4. The van der Waals surface area contributed by atoms with Gasteiger partial charge in [0.1, 0.15) is 5.54 Å². The van der Waals surface area contributed by atoms with Gasteiger partial charge in [-0.1, -0.05) is 30.3 Å². The van der Waals surface area contributed by atoms with E-state index in [1.807, 2.05) is 30.3 Å². The molecule has 0 aromatic heterocycles. The Hall–Kier alpha value is -1.88. The number of carboxylic acids is 1. The molecule has 1 aromatic rings. The van der Waals surface area contributed by atoms with E-state index in [2.05, 4.69) is 0 Å². The summed E-state index contributed by atoms with van der Waals surface area (Å²) in [6.45, 7) is 1.80. The largest absolute Gasteiger partial charge is 0.479 e. The number of carbonyl (C=O) groups is 2. The fourth-order valence-corrected chi connectivity index (χ4v) is 2.84. The lowest BCUT2D eigenvalue weighted by Gasteiger charge is -2.49. The van der Waals surface area contributed by atoms with Crippen molar-refractivity contribution in [1.29, 1.82) is 0 Å². The number of ether oxygens (including phenoxy) is 1. The predicted molar refractivity (Wildman–Crippen MR) is 78.0 cm³/mol. The Labute approximate surface area is 124 Å². The summed E-state index contributed by atoms with van der Waals surface area (Å²) in [5.41, 5.74) is -0.252. The zero-order valence-corrected chi connectivity index (χ0v) is 12.6. The van der Waals surface area contributed by atoms with Crippen LogP contribution in [0.15, 0.2) is 30.3 Å². The summed E-state index contributed by atoms with van der Waals surface area (Å²) < 4.78 is 5.17. The maximum Gasteiger partial charge on any atom is 0.329 e. The quantitative estimate of drug-likeness (QED) is 0.899. The van der Waals surface area contributed by atoms with E-state index in [0.29, 0.717) is 12.8 Å². The summed E-state index contributed by atoms with van der Waals surface area (Å²) in [4.78, 5) is 25.6. The zero-order chi connectivity index (χ0) is 15.6. The second-order valence-electron chi connectivity index (χ2n) is 5.63. The van der Waals surface area contributed by atoms with Crippen LogP contribution in [0.3, 0.4) is 0 Å². The van der Waals surface area contributed by atoms with Gasteiger partial charge in [-0.15, -0.1) is 0 Å². The molecular weight excluding hydrogens is 270 g/mol. The molecule has 5 nitrogen and oxygen atoms in total. The number of benzene rings is 1. The highest BCUT2D eigenvalue weighted by Crippen LogP contribution is 2.40. The van der Waals surface area contributed by atoms with Gasteiger partial charge in [0.15, 0.2) is 0 Å². The second kappa shape index (κ2) is 5.85. The first-order valence-electron chi connectivity index (χ1n) is 7.01. The molecule has 0 saturated heterocycles. The maximum atomic E-state index is 12.6. The van der Waals surface area contributed by atoms with Crippen LogP contribution in [0.25, 0.3) is 0 Å². The fraction of sp³-hybridized carbons (Fsp3) is 0.500. The van der Waals surface area contributed by atoms with Gasteiger partial charge in [-0.05, 0) is 12.5 Å². The average Bonchev–Trinajstić information content (AvgIpc) is 2.45. The Kier molecular flexibility index (Phi) is 4.32. The van der Waals surface area contributed by atoms with Crippen LogP contribution in [0, 0.1) is 0 Å². The third-order valence-electron chi connectivity index (χ3n) is 4.50. The first kappa shape index (κ1) is 15.5. The van der Waals surface area contributed by atoms with Crippen molar-refractivity contribution in [1.82, 2.24) is 4.90 Å². The number of rotatable bonds is 5. The number of hydrogen-bond acceptors (Lipinski definition) is 3. The van der Waals surface area contributed by atoms with E-state index in [1.165, 1.54) is 4.90 Å². The molecule has 1 aromatic carbocycles. The highest BCUT2D eigenvalue weighted by molar-refractivity contribution is 5.91. The molecule has 0 radical (unpaired) electrons. The van der Waals surface area contributed by atoms with Crippen LogP contribution in [0.2, 0.25) is 0 Å². The summed E-state index contributed by atoms with van der Waals surface area (Å²) in [6.07, 6.45) is 0.578. The summed E-state index contributed by atoms with van der Waals surface area (Å²) in [7, 11) is 3.13. The molecule has 1 amide bonds. The summed E-state index contributed by atoms with van der Waals surface area (Å²) in [5.74, 6) is -1.51. The van der Waals surface area contributed by atoms with E-state index in [1.54, 1.807) is 21.1 Å². The van der Waals surface area contributed by atoms with Crippen LogP contribution in [0.1, 0.15) is 31.2 Å². The van der Waals surface area contributed by atoms with Crippen LogP contribution in [-0.2, 0) is 14.3 Å². The van der Waals surface area contributed by atoms with Gasteiger partial charge in [-0.25, -0.2) is 4.79 Å². The Morgan fingerprint density at radius 3 is 2.38 bits per heavy atom. The Morgan fingerprint density at radius 1 is 1.33 bits per heavy atom. The number of likely N-dealkylation sites (N-methyl/N-ethyl adjacent to an activating group) is 1. The van der Waals surface area contributed by atoms with Crippen LogP contribution in [0.4, 0.5) is 0 Å². The minimum absolute atomic E-state index is 0.0941. The van der Waals surface area contributed by atoms with Crippen molar-refractivity contribution in [3.8, 4) is 0 Å². The van der Waals surface area contributed by atoms with Crippen molar-refractivity contribution in [2.75, 3.05) is 14.2 Å². The molecule has 0 spiro atoms. The number of carbonyl (C=O) groups excluding carboxylic acids is 1. The van der Waals surface area contributed by atoms with Crippen LogP contribution < -0.4 is 0 Å². The molecule has 1 N–H and O–H groups in total. The fourth-order valence-electron chi connectivity index (χ4n) is 2.84. The van der Waals surface area contributed by atoms with Crippen LogP contribution in [-0.4, -0.2) is 47.7 Å². The van der Waals surface area contributed by atoms with Crippen molar-refractivity contribution >= 4 is 11.9 Å². The van der Waals surface area contributed by atoms with Crippen LogP contribution >= 0.6 is 0 Å². The van der Waals surface area contributed by atoms with Gasteiger partial charge in [0.25, 0.3) is 0 Å². The normalized spacial score (nSPS) is 25.8. The monoisotopic (exact) mass is 291 g/mol. The average molecular weight is 291 g/mol. The van der Waals surface area contributed by atoms with E-state index >= 15 is 0 Å². The summed E-state index contributed by atoms with van der Waals surface area (Å²) in [5, 5.41) is 9.52. The van der Waals surface area contributed by atoms with Gasteiger partial charge in [0, 0.05) is 27.0 Å². The van der Waals surface area contributed by atoms with E-state index < -0.39 is 11.5 Å². The third-order valence-corrected chi connectivity index (χ3v) is 4.50. The molecule has 1 fully saturated rings. The number of methoxy groups -OCH3 is 1. The first-order valence-corrected chi connectivity index (χ1v) is 7.01. The lowest BCUT2D eigenvalue weighted by atomic mass is 9.72. The highest BCUT2D eigenvalue weighted by Gasteiger charge is 2.55. The zero-order valence-electron chi connectivity index (χ0n) is 12.6. The molecule has 1 atom stereocenters. The van der Waals surface area contributed by atoms with Gasteiger partial charge >= 0.3 is 5.97 Å². The van der Waals surface area contributed by atoms with Crippen molar-refractivity contribution in [2.45, 2.75) is 37.3 Å². The lowest BCUT2D eigenvalue weighted by molar-refractivity contribution is -0.175. The number of hydrogen-bond donors (Lipinski definition) is 1. The van der Waals surface area contributed by atoms with E-state index in [0.717, 1.165) is 5.56 Å². The molecule has 1 saturated carbocycles. The third kappa shape index (κ3) is 2.65. The molecule has 0 bridgehead atoms. The maximum absolute atomic E-state index is 12.6. The summed E-state index contributed by atoms with van der Waals surface area (Å²) >= 11 is 0. The lowest BCUT2D eigenvalue weighted by Crippen LogP contribution is -2.65. The minimum atomic E-state index is -1.14. The second-order valence-corrected chi connectivity index (χ2v) is 5.63. The van der Waals surface area contributed by atoms with E-state index in [-0.39, 0.29) is 17.9 Å². The van der Waals surface area contributed by atoms with Crippen molar-refractivity contribution < 1.29 is 19.4 Å². The molecule has 21 heavy (non-hydrogen) atoms. The van der Waals surface area contributed by atoms with Gasteiger partial charge in [-0.3, -0.25) is 4.79 Å². The molecule has 2 rings (SSSR count). The Bertz CT molecular complexity index is 522. The van der Waals surface area contributed by atoms with Crippen LogP contribution in [0.5, 0.6) is 0 Å². The van der Waals surface area contributed by atoms with Crippen molar-refractivity contribution in [3.63, 3.8) is 0 Å². The standard InChI is InChI=1S/C16H21NO4/c1-11(12-7-5-4-6-8-12)14(18)17(2)16(15(19)20)9-13(10-16)21-3/h4-8,11,13H,9-10H2,1-3H3,(H,19,20)/t11-,13?,16?/m1/s1. The Morgan fingerprint density at radius 2 is 1.90 bits per heavy atom. The van der Waals surface area contributed by atoms with Gasteiger partial charge in [-0.2, -0.15) is 0 Å². The Balaban J connectivity index is 2.16. The molecule has 0 unspecified atom stereocenters. The highest BCUT2D eigenvalue weighted by atomic mass is 16.5. The summed E-state index contributed by atoms with van der Waals surface area (Å²) in [6, 6.07) is 9.39. The molecule has 1 aliphatic carbocycles. The molecule has 114 valence electrons. The van der Waals surface area contributed by atoms with Gasteiger partial charge in [0.05, 0.1) is 12.0 Å². The van der Waals surface area contributed by atoms with E-state index in [4.69, 9.17) is 4.74 Å². The number of aliphatic carboxylic acids is 1. The molecule has 0 aliphatic heterocycles. The SMILES string of the molecule is COC1CC(C(=O)O)(N(C)C(=O)[C@H](C)c2ccccc2)C1. The predicted octanol–water partition coefficient (Wildman–Crippen LogP) is 1.88. The number of nitrogens with zero attached hydrogens (tertiary/aromatic N) is 1. The van der Waals surface area contributed by atoms with Gasteiger partial charge in [0.2, 0.25) is 5.91 Å². The first-order chi connectivity index (χ1) is 9.92. The van der Waals surface area contributed by atoms with Crippen molar-refractivity contribution in [3.05, 3.63) is 35.9 Å². The smallest absolute Gasteiger partial charge is 0.329 e.